The van der Waals surface area contributed by atoms with Crippen LogP contribution in [-0.2, 0) is 0 Å². The van der Waals surface area contributed by atoms with E-state index in [4.69, 9.17) is 0 Å². The van der Waals surface area contributed by atoms with Gasteiger partial charge in [0.05, 0.1) is 0 Å². The Hall–Kier alpha value is -0.980. The van der Waals surface area contributed by atoms with E-state index < -0.39 is 0 Å². The molecule has 0 N–H and O–H groups in total. The van der Waals surface area contributed by atoms with Crippen LogP contribution in [0.25, 0.3) is 0 Å². The molecule has 1 heterocycles. The van der Waals surface area contributed by atoms with Gasteiger partial charge in [-0.05, 0) is 34.1 Å². The molecule has 0 aromatic rings. The zero-order valence-corrected chi connectivity index (χ0v) is 12.0. The van der Waals surface area contributed by atoms with E-state index in [1.165, 1.54) is 24.8 Å². The predicted molar refractivity (Wildman–Crippen MR) is 76.6 cm³/mol. The van der Waals surface area contributed by atoms with Crippen LogP contribution in [0.5, 0.6) is 0 Å². The van der Waals surface area contributed by atoms with Crippen LogP contribution in [-0.4, -0.2) is 10.9 Å². The van der Waals surface area contributed by atoms with E-state index in [2.05, 4.69) is 70.1 Å². The van der Waals surface area contributed by atoms with Gasteiger partial charge in [0.25, 0.3) is 0 Å². The number of rotatable bonds is 5. The van der Waals surface area contributed by atoms with Crippen molar-refractivity contribution in [2.45, 2.75) is 59.9 Å². The molecule has 0 aromatic carbocycles. The first-order valence-corrected chi connectivity index (χ1v) is 6.83. The quantitative estimate of drug-likeness (QED) is 0.612. The second kappa shape index (κ2) is 6.09. The first-order chi connectivity index (χ1) is 8.03. The average molecular weight is 233 g/mol. The zero-order chi connectivity index (χ0) is 12.9. The van der Waals surface area contributed by atoms with Crippen molar-refractivity contribution in [2.75, 3.05) is 0 Å². The van der Waals surface area contributed by atoms with Crippen molar-refractivity contribution in [2.24, 2.45) is 5.41 Å². The molecule has 0 radical (unpaired) electrons. The van der Waals surface area contributed by atoms with Crippen molar-refractivity contribution < 1.29 is 0 Å². The summed E-state index contributed by atoms with van der Waals surface area (Å²) in [6.07, 6.45) is 15.2. The molecule has 1 unspecified atom stereocenters. The van der Waals surface area contributed by atoms with Crippen LogP contribution in [0.15, 0.2) is 36.2 Å². The summed E-state index contributed by atoms with van der Waals surface area (Å²) in [7, 11) is 0. The monoisotopic (exact) mass is 233 g/mol. The van der Waals surface area contributed by atoms with Crippen LogP contribution in [0.4, 0.5) is 0 Å². The molecule has 1 rings (SSSR count). The summed E-state index contributed by atoms with van der Waals surface area (Å²) >= 11 is 0. The van der Waals surface area contributed by atoms with Gasteiger partial charge in [0.1, 0.15) is 0 Å². The van der Waals surface area contributed by atoms with Gasteiger partial charge >= 0.3 is 0 Å². The molecule has 0 aromatic heterocycles. The molecular formula is C16H27N. The number of nitrogens with zero attached hydrogens (tertiary/aromatic N) is 1. The number of allylic oxidation sites excluding steroid dienone is 4. The van der Waals surface area contributed by atoms with Crippen LogP contribution in [0, 0.1) is 5.41 Å². The minimum atomic E-state index is 0.107. The summed E-state index contributed by atoms with van der Waals surface area (Å²) in [4.78, 5) is 2.33. The fourth-order valence-corrected chi connectivity index (χ4v) is 2.10. The lowest BCUT2D eigenvalue weighted by molar-refractivity contribution is 0.346. The highest BCUT2D eigenvalue weighted by Gasteiger charge is 2.23. The lowest BCUT2D eigenvalue weighted by atomic mass is 9.81. The van der Waals surface area contributed by atoms with Gasteiger partial charge in [-0.3, -0.25) is 0 Å². The van der Waals surface area contributed by atoms with Crippen molar-refractivity contribution in [3.63, 3.8) is 0 Å². The van der Waals surface area contributed by atoms with Gasteiger partial charge in [-0.25, -0.2) is 0 Å². The molecule has 0 fully saturated rings. The van der Waals surface area contributed by atoms with E-state index in [-0.39, 0.29) is 5.41 Å². The molecule has 0 amide bonds. The molecule has 0 saturated heterocycles. The maximum atomic E-state index is 2.33. The number of hydrogen-bond donors (Lipinski definition) is 0. The summed E-state index contributed by atoms with van der Waals surface area (Å²) in [5.41, 5.74) is 1.52. The fourth-order valence-electron chi connectivity index (χ4n) is 2.10. The Balaban J connectivity index is 2.64. The van der Waals surface area contributed by atoms with Gasteiger partial charge in [0, 0.05) is 23.9 Å². The first-order valence-electron chi connectivity index (χ1n) is 6.83. The molecule has 1 nitrogen and oxygen atoms in total. The normalized spacial score (nSPS) is 20.8. The zero-order valence-electron chi connectivity index (χ0n) is 12.0. The molecule has 17 heavy (non-hydrogen) atoms. The van der Waals surface area contributed by atoms with Crippen LogP contribution in [0.3, 0.4) is 0 Å². The lowest BCUT2D eigenvalue weighted by Crippen LogP contribution is -2.27. The second-order valence-electron chi connectivity index (χ2n) is 5.32. The van der Waals surface area contributed by atoms with Gasteiger partial charge < -0.3 is 4.90 Å². The average Bonchev–Trinajstić information content (AvgIpc) is 2.35. The molecule has 1 aliphatic rings. The summed E-state index contributed by atoms with van der Waals surface area (Å²) in [5, 5.41) is 0. The van der Waals surface area contributed by atoms with Crippen LogP contribution >= 0.6 is 0 Å². The van der Waals surface area contributed by atoms with Crippen molar-refractivity contribution in [3.05, 3.63) is 36.2 Å². The van der Waals surface area contributed by atoms with Gasteiger partial charge in [-0.2, -0.15) is 0 Å². The third-order valence-corrected chi connectivity index (χ3v) is 3.95. The molecule has 1 atom stereocenters. The summed E-state index contributed by atoms with van der Waals surface area (Å²) in [6, 6.07) is 0.609. The first kappa shape index (κ1) is 14.1. The van der Waals surface area contributed by atoms with E-state index in [0.717, 1.165) is 0 Å². The Labute approximate surface area is 107 Å². The third kappa shape index (κ3) is 3.49. The second-order valence-corrected chi connectivity index (χ2v) is 5.32. The Bertz CT molecular complexity index is 308. The molecule has 0 spiro atoms. The van der Waals surface area contributed by atoms with E-state index in [1.54, 1.807) is 0 Å². The minimum Gasteiger partial charge on any atom is -0.352 e. The van der Waals surface area contributed by atoms with Crippen LogP contribution in [0.1, 0.15) is 53.9 Å². The molecule has 96 valence electrons. The molecular weight excluding hydrogens is 206 g/mol. The Morgan fingerprint density at radius 3 is 2.41 bits per heavy atom. The topological polar surface area (TPSA) is 3.24 Å². The maximum Gasteiger partial charge on any atom is 0.0302 e. The Kier molecular flexibility index (Phi) is 5.04. The van der Waals surface area contributed by atoms with Gasteiger partial charge in [0.15, 0.2) is 0 Å². The van der Waals surface area contributed by atoms with Crippen LogP contribution < -0.4 is 0 Å². The highest BCUT2D eigenvalue weighted by Crippen LogP contribution is 2.33. The van der Waals surface area contributed by atoms with Crippen molar-refractivity contribution >= 4 is 0 Å². The largest absolute Gasteiger partial charge is 0.352 e. The number of unbranched alkanes of at least 4 members (excludes halogenated alkanes) is 1. The van der Waals surface area contributed by atoms with E-state index >= 15 is 0 Å². The number of hydrogen-bond acceptors (Lipinski definition) is 1. The summed E-state index contributed by atoms with van der Waals surface area (Å²) < 4.78 is 0. The fraction of sp³-hybridized carbons (Fsp3) is 0.625. The van der Waals surface area contributed by atoms with Crippen LogP contribution in [0.2, 0.25) is 0 Å². The maximum absolute atomic E-state index is 2.33. The minimum absolute atomic E-state index is 0.107. The van der Waals surface area contributed by atoms with Gasteiger partial charge in [0.2, 0.25) is 0 Å². The Morgan fingerprint density at radius 2 is 1.94 bits per heavy atom. The molecule has 0 bridgehead atoms. The van der Waals surface area contributed by atoms with E-state index in [0.29, 0.717) is 6.04 Å². The molecule has 1 heteroatoms. The Morgan fingerprint density at radius 1 is 1.35 bits per heavy atom. The molecule has 0 aliphatic carbocycles. The highest BCUT2D eigenvalue weighted by molar-refractivity contribution is 5.29. The predicted octanol–water partition coefficient (Wildman–Crippen LogP) is 4.88. The van der Waals surface area contributed by atoms with Crippen molar-refractivity contribution in [1.82, 2.24) is 4.90 Å². The SMILES string of the molecule is CC=C(C)C1(C)C=CN(C(C)CCCC)C=C1. The van der Waals surface area contributed by atoms with Gasteiger partial charge in [-0.15, -0.1) is 0 Å². The summed E-state index contributed by atoms with van der Waals surface area (Å²) in [5.74, 6) is 0. The van der Waals surface area contributed by atoms with Gasteiger partial charge in [-0.1, -0.05) is 43.6 Å². The summed E-state index contributed by atoms with van der Waals surface area (Å²) in [6.45, 7) is 11.1. The lowest BCUT2D eigenvalue weighted by Gasteiger charge is -2.33. The van der Waals surface area contributed by atoms with E-state index in [9.17, 15) is 0 Å². The van der Waals surface area contributed by atoms with E-state index in [1.807, 2.05) is 0 Å². The standard InChI is InChI=1S/C16H27N/c1-6-8-9-15(4)17-12-10-16(5,11-13-17)14(3)7-2/h7,10-13,15H,6,8-9H2,1-5H3. The smallest absolute Gasteiger partial charge is 0.0302 e. The third-order valence-electron chi connectivity index (χ3n) is 3.95. The van der Waals surface area contributed by atoms with Crippen molar-refractivity contribution in [3.8, 4) is 0 Å². The molecule has 0 saturated carbocycles. The van der Waals surface area contributed by atoms with Crippen molar-refractivity contribution in [1.29, 1.82) is 0 Å². The highest BCUT2D eigenvalue weighted by atomic mass is 15.1. The molecule has 1 aliphatic heterocycles.